The monoisotopic (exact) mass is 246 g/mol. The maximum Gasteiger partial charge on any atom is 0.167 e. The van der Waals surface area contributed by atoms with Gasteiger partial charge in [0.15, 0.2) is 5.11 Å². The van der Waals surface area contributed by atoms with Crippen LogP contribution in [0.25, 0.3) is 0 Å². The summed E-state index contributed by atoms with van der Waals surface area (Å²) < 4.78 is 0. The van der Waals surface area contributed by atoms with Gasteiger partial charge in [0.1, 0.15) is 0 Å². The van der Waals surface area contributed by atoms with Crippen LogP contribution >= 0.6 is 12.2 Å². The van der Waals surface area contributed by atoms with Gasteiger partial charge in [0.2, 0.25) is 0 Å². The molecule has 0 unspecified atom stereocenters. The van der Waals surface area contributed by atoms with Crippen LogP contribution in [0.4, 0.5) is 0 Å². The summed E-state index contributed by atoms with van der Waals surface area (Å²) in [5.41, 5.74) is -0.737. The van der Waals surface area contributed by atoms with E-state index in [-0.39, 0.29) is 13.2 Å². The van der Waals surface area contributed by atoms with E-state index in [9.17, 15) is 0 Å². The van der Waals surface area contributed by atoms with Gasteiger partial charge in [0.25, 0.3) is 0 Å². The zero-order valence-corrected chi connectivity index (χ0v) is 10.6. The van der Waals surface area contributed by atoms with Crippen LogP contribution in [0, 0.1) is 0 Å². The van der Waals surface area contributed by atoms with E-state index in [0.717, 1.165) is 12.8 Å². The summed E-state index contributed by atoms with van der Waals surface area (Å²) >= 11 is 5.17. The second kappa shape index (κ2) is 6.37. The molecule has 0 atom stereocenters. The molecule has 0 spiro atoms. The van der Waals surface area contributed by atoms with Crippen molar-refractivity contribution in [1.29, 1.82) is 0 Å². The maximum absolute atomic E-state index is 9.13. The van der Waals surface area contributed by atoms with Crippen molar-refractivity contribution in [2.45, 2.75) is 50.6 Å². The highest BCUT2D eigenvalue weighted by Gasteiger charge is 2.24. The molecule has 0 radical (unpaired) electrons. The molecule has 1 aliphatic rings. The van der Waals surface area contributed by atoms with Crippen molar-refractivity contribution in [3.8, 4) is 0 Å². The number of rotatable bonds is 4. The van der Waals surface area contributed by atoms with Crippen LogP contribution in [0.1, 0.15) is 39.0 Å². The van der Waals surface area contributed by atoms with Crippen LogP contribution in [0.15, 0.2) is 0 Å². The number of hydrogen-bond donors (Lipinski definition) is 4. The number of nitrogens with one attached hydrogen (secondary N) is 2. The molecule has 1 saturated carbocycles. The second-order valence-electron chi connectivity index (χ2n) is 4.81. The van der Waals surface area contributed by atoms with Gasteiger partial charge in [-0.05, 0) is 32.0 Å². The molecule has 0 aromatic heterocycles. The quantitative estimate of drug-likeness (QED) is 0.545. The number of thiocarbonyl (C=S) groups is 1. The summed E-state index contributed by atoms with van der Waals surface area (Å²) in [5, 5.41) is 25.0. The number of aliphatic hydroxyl groups is 2. The molecule has 4 nitrogen and oxygen atoms in total. The molecule has 0 heterocycles. The number of hydrogen-bond acceptors (Lipinski definition) is 3. The van der Waals surface area contributed by atoms with Crippen LogP contribution in [-0.4, -0.2) is 40.1 Å². The molecule has 1 rings (SSSR count). The van der Waals surface area contributed by atoms with Crippen molar-refractivity contribution in [2.24, 2.45) is 0 Å². The highest BCUT2D eigenvalue weighted by Crippen LogP contribution is 2.17. The summed E-state index contributed by atoms with van der Waals surface area (Å²) in [7, 11) is 0. The minimum Gasteiger partial charge on any atom is -0.394 e. The predicted octanol–water partition coefficient (Wildman–Crippen LogP) is 0.526. The molecular formula is C11H22N2O2S. The fourth-order valence-corrected chi connectivity index (χ4v) is 2.28. The van der Waals surface area contributed by atoms with E-state index in [2.05, 4.69) is 10.6 Å². The molecule has 94 valence electrons. The van der Waals surface area contributed by atoms with Gasteiger partial charge in [-0.1, -0.05) is 19.3 Å². The molecule has 16 heavy (non-hydrogen) atoms. The van der Waals surface area contributed by atoms with Crippen molar-refractivity contribution < 1.29 is 10.2 Å². The Balaban J connectivity index is 2.34. The molecule has 0 amide bonds. The molecule has 1 fully saturated rings. The van der Waals surface area contributed by atoms with Crippen molar-refractivity contribution in [1.82, 2.24) is 10.6 Å². The van der Waals surface area contributed by atoms with Gasteiger partial charge in [-0.15, -0.1) is 0 Å². The number of aliphatic hydroxyl groups excluding tert-OH is 2. The van der Waals surface area contributed by atoms with Crippen molar-refractivity contribution in [3.05, 3.63) is 0 Å². The van der Waals surface area contributed by atoms with Crippen molar-refractivity contribution in [3.63, 3.8) is 0 Å². The predicted molar refractivity (Wildman–Crippen MR) is 68.3 cm³/mol. The minimum absolute atomic E-state index is 0.143. The molecule has 1 aliphatic carbocycles. The van der Waals surface area contributed by atoms with Crippen LogP contribution in [0.5, 0.6) is 0 Å². The molecule has 0 bridgehead atoms. The first-order valence-corrected chi connectivity index (χ1v) is 6.31. The van der Waals surface area contributed by atoms with E-state index >= 15 is 0 Å². The molecule has 0 aromatic rings. The van der Waals surface area contributed by atoms with Crippen LogP contribution < -0.4 is 10.6 Å². The van der Waals surface area contributed by atoms with Gasteiger partial charge < -0.3 is 20.8 Å². The topological polar surface area (TPSA) is 64.5 Å². The summed E-state index contributed by atoms with van der Waals surface area (Å²) in [6.45, 7) is 1.45. The Morgan fingerprint density at radius 3 is 2.31 bits per heavy atom. The molecule has 5 heteroatoms. The first-order chi connectivity index (χ1) is 7.59. The first-order valence-electron chi connectivity index (χ1n) is 5.90. The molecule has 0 aromatic carbocycles. The Bertz CT molecular complexity index is 226. The van der Waals surface area contributed by atoms with E-state index in [1.165, 1.54) is 19.3 Å². The third kappa shape index (κ3) is 4.23. The normalized spacial score (nSPS) is 18.2. The molecular weight excluding hydrogens is 224 g/mol. The minimum atomic E-state index is -0.737. The standard InChI is InChI=1S/C11H22N2O2S/c1-11(7-14,8-15)13-10(16)12-9-5-3-2-4-6-9/h9,14-15H,2-8H2,1H3,(H2,12,13,16). The summed E-state index contributed by atoms with van der Waals surface area (Å²) in [4.78, 5) is 0. The van der Waals surface area contributed by atoms with E-state index in [4.69, 9.17) is 22.4 Å². The fourth-order valence-electron chi connectivity index (χ4n) is 1.87. The summed E-state index contributed by atoms with van der Waals surface area (Å²) in [6.07, 6.45) is 6.10. The lowest BCUT2D eigenvalue weighted by Crippen LogP contribution is -2.56. The molecule has 4 N–H and O–H groups in total. The third-order valence-electron chi connectivity index (χ3n) is 3.05. The fraction of sp³-hybridized carbons (Fsp3) is 0.909. The smallest absolute Gasteiger partial charge is 0.167 e. The lowest BCUT2D eigenvalue weighted by atomic mass is 9.96. The average Bonchev–Trinajstić information content (AvgIpc) is 2.30. The van der Waals surface area contributed by atoms with E-state index in [1.807, 2.05) is 0 Å². The van der Waals surface area contributed by atoms with Crippen LogP contribution in [0.2, 0.25) is 0 Å². The van der Waals surface area contributed by atoms with Gasteiger partial charge in [0.05, 0.1) is 18.8 Å². The zero-order valence-electron chi connectivity index (χ0n) is 9.83. The van der Waals surface area contributed by atoms with Crippen LogP contribution in [-0.2, 0) is 0 Å². The zero-order chi connectivity index (χ0) is 12.0. The highest BCUT2D eigenvalue weighted by molar-refractivity contribution is 7.80. The Kier molecular flexibility index (Phi) is 5.44. The molecule has 0 aliphatic heterocycles. The summed E-state index contributed by atoms with van der Waals surface area (Å²) in [5.74, 6) is 0. The van der Waals surface area contributed by atoms with E-state index < -0.39 is 5.54 Å². The largest absolute Gasteiger partial charge is 0.394 e. The Labute approximate surface area is 102 Å². The second-order valence-corrected chi connectivity index (χ2v) is 5.22. The van der Waals surface area contributed by atoms with Gasteiger partial charge >= 0.3 is 0 Å². The Morgan fingerprint density at radius 2 is 1.81 bits per heavy atom. The van der Waals surface area contributed by atoms with Crippen molar-refractivity contribution >= 4 is 17.3 Å². The lowest BCUT2D eigenvalue weighted by molar-refractivity contribution is 0.119. The third-order valence-corrected chi connectivity index (χ3v) is 3.27. The van der Waals surface area contributed by atoms with E-state index in [0.29, 0.717) is 11.2 Å². The van der Waals surface area contributed by atoms with Crippen molar-refractivity contribution in [2.75, 3.05) is 13.2 Å². The van der Waals surface area contributed by atoms with Gasteiger partial charge in [-0.3, -0.25) is 0 Å². The first kappa shape index (κ1) is 13.7. The highest BCUT2D eigenvalue weighted by atomic mass is 32.1. The van der Waals surface area contributed by atoms with Crippen LogP contribution in [0.3, 0.4) is 0 Å². The van der Waals surface area contributed by atoms with Gasteiger partial charge in [-0.2, -0.15) is 0 Å². The van der Waals surface area contributed by atoms with Gasteiger partial charge in [-0.25, -0.2) is 0 Å². The maximum atomic E-state index is 9.13. The SMILES string of the molecule is CC(CO)(CO)NC(=S)NC1CCCCC1. The molecule has 0 saturated heterocycles. The van der Waals surface area contributed by atoms with E-state index in [1.54, 1.807) is 6.92 Å². The Hall–Kier alpha value is -0.390. The van der Waals surface area contributed by atoms with Gasteiger partial charge in [0, 0.05) is 6.04 Å². The lowest BCUT2D eigenvalue weighted by Gasteiger charge is -2.31. The average molecular weight is 246 g/mol. The summed E-state index contributed by atoms with van der Waals surface area (Å²) in [6, 6.07) is 0.440. The Morgan fingerprint density at radius 1 is 1.25 bits per heavy atom.